The minimum atomic E-state index is -0.575. The largest absolute Gasteiger partial charge is 0.461 e. The van der Waals surface area contributed by atoms with Gasteiger partial charge in [-0.3, -0.25) is 0 Å². The standard InChI is InChI=1S/C7H14N2O3/c1-4-12-7(10)6(8-11)5-9(2)3/h11H,4-5H2,1-3H3/b8-6+. The lowest BCUT2D eigenvalue weighted by molar-refractivity contribution is -0.135. The molecule has 0 unspecified atom stereocenters. The molecule has 1 N–H and O–H groups in total. The highest BCUT2D eigenvalue weighted by molar-refractivity contribution is 6.37. The van der Waals surface area contributed by atoms with Gasteiger partial charge in [-0.1, -0.05) is 5.16 Å². The van der Waals surface area contributed by atoms with Crippen LogP contribution in [0.3, 0.4) is 0 Å². The van der Waals surface area contributed by atoms with Crippen LogP contribution in [-0.4, -0.2) is 49.0 Å². The summed E-state index contributed by atoms with van der Waals surface area (Å²) in [5, 5.41) is 11.3. The first-order chi connectivity index (χ1) is 5.61. The van der Waals surface area contributed by atoms with Crippen LogP contribution in [0.2, 0.25) is 0 Å². The zero-order valence-electron chi connectivity index (χ0n) is 7.57. The second-order valence-electron chi connectivity index (χ2n) is 2.50. The van der Waals surface area contributed by atoms with Crippen molar-refractivity contribution in [1.29, 1.82) is 0 Å². The molecule has 0 spiro atoms. The Morgan fingerprint density at radius 1 is 1.58 bits per heavy atom. The number of esters is 1. The van der Waals surface area contributed by atoms with Crippen molar-refractivity contribution >= 4 is 11.7 Å². The van der Waals surface area contributed by atoms with Crippen LogP contribution in [-0.2, 0) is 9.53 Å². The summed E-state index contributed by atoms with van der Waals surface area (Å²) < 4.78 is 4.64. The van der Waals surface area contributed by atoms with Crippen molar-refractivity contribution < 1.29 is 14.7 Å². The van der Waals surface area contributed by atoms with Crippen LogP contribution < -0.4 is 0 Å². The molecule has 0 aromatic rings. The molecule has 0 radical (unpaired) electrons. The van der Waals surface area contributed by atoms with Crippen molar-refractivity contribution in [3.8, 4) is 0 Å². The average molecular weight is 174 g/mol. The lowest BCUT2D eigenvalue weighted by Crippen LogP contribution is -2.29. The fraction of sp³-hybridized carbons (Fsp3) is 0.714. The Morgan fingerprint density at radius 3 is 2.50 bits per heavy atom. The van der Waals surface area contributed by atoms with Crippen LogP contribution in [0.5, 0.6) is 0 Å². The van der Waals surface area contributed by atoms with E-state index in [9.17, 15) is 4.79 Å². The minimum absolute atomic E-state index is 0.0156. The van der Waals surface area contributed by atoms with Gasteiger partial charge in [0.2, 0.25) is 0 Å². The molecule has 70 valence electrons. The summed E-state index contributed by atoms with van der Waals surface area (Å²) in [5.74, 6) is -0.575. The first-order valence-corrected chi connectivity index (χ1v) is 3.64. The number of ether oxygens (including phenoxy) is 1. The number of rotatable bonds is 4. The van der Waals surface area contributed by atoms with Gasteiger partial charge in [-0.05, 0) is 21.0 Å². The van der Waals surface area contributed by atoms with E-state index >= 15 is 0 Å². The Balaban J connectivity index is 4.08. The maximum atomic E-state index is 11.0. The first-order valence-electron chi connectivity index (χ1n) is 3.64. The lowest BCUT2D eigenvalue weighted by atomic mass is 10.3. The van der Waals surface area contributed by atoms with Crippen molar-refractivity contribution in [2.45, 2.75) is 6.92 Å². The van der Waals surface area contributed by atoms with Gasteiger partial charge in [0, 0.05) is 0 Å². The van der Waals surface area contributed by atoms with Crippen molar-refractivity contribution in [3.63, 3.8) is 0 Å². The van der Waals surface area contributed by atoms with Gasteiger partial charge in [0.25, 0.3) is 0 Å². The monoisotopic (exact) mass is 174 g/mol. The maximum absolute atomic E-state index is 11.0. The van der Waals surface area contributed by atoms with Gasteiger partial charge in [0.1, 0.15) is 0 Å². The van der Waals surface area contributed by atoms with Crippen LogP contribution in [0.15, 0.2) is 5.16 Å². The molecular formula is C7H14N2O3. The average Bonchev–Trinajstić information content (AvgIpc) is 2.00. The molecule has 5 nitrogen and oxygen atoms in total. The smallest absolute Gasteiger partial charge is 0.357 e. The Labute approximate surface area is 71.6 Å². The van der Waals surface area contributed by atoms with E-state index < -0.39 is 5.97 Å². The Morgan fingerprint density at radius 2 is 2.17 bits per heavy atom. The number of oxime groups is 1. The van der Waals surface area contributed by atoms with Gasteiger partial charge in [0.05, 0.1) is 13.2 Å². The quantitative estimate of drug-likeness (QED) is 0.281. The molecule has 0 aromatic heterocycles. The molecule has 0 amide bonds. The summed E-state index contributed by atoms with van der Waals surface area (Å²) in [7, 11) is 3.54. The van der Waals surface area contributed by atoms with Crippen LogP contribution in [0.25, 0.3) is 0 Å². The van der Waals surface area contributed by atoms with Crippen LogP contribution in [0.1, 0.15) is 6.92 Å². The van der Waals surface area contributed by atoms with E-state index in [2.05, 4.69) is 9.89 Å². The maximum Gasteiger partial charge on any atom is 0.357 e. The molecule has 0 atom stereocenters. The van der Waals surface area contributed by atoms with E-state index in [1.165, 1.54) is 0 Å². The molecule has 0 rings (SSSR count). The fourth-order valence-corrected chi connectivity index (χ4v) is 0.651. The summed E-state index contributed by atoms with van der Waals surface area (Å²) in [6, 6.07) is 0. The molecule has 12 heavy (non-hydrogen) atoms. The predicted octanol–water partition coefficient (Wildman–Crippen LogP) is -0.0587. The van der Waals surface area contributed by atoms with Crippen LogP contribution >= 0.6 is 0 Å². The Hall–Kier alpha value is -1.10. The Bertz CT molecular complexity index is 177. The van der Waals surface area contributed by atoms with Crippen LogP contribution in [0, 0.1) is 0 Å². The third-order valence-corrected chi connectivity index (χ3v) is 1.10. The van der Waals surface area contributed by atoms with E-state index in [4.69, 9.17) is 5.21 Å². The highest BCUT2D eigenvalue weighted by Gasteiger charge is 2.13. The summed E-state index contributed by atoms with van der Waals surface area (Å²) in [5.41, 5.74) is 0.0156. The highest BCUT2D eigenvalue weighted by atomic mass is 16.5. The van der Waals surface area contributed by atoms with E-state index in [-0.39, 0.29) is 18.9 Å². The van der Waals surface area contributed by atoms with Gasteiger partial charge in [-0.15, -0.1) is 0 Å². The zero-order chi connectivity index (χ0) is 9.56. The number of nitrogens with zero attached hydrogens (tertiary/aromatic N) is 2. The number of hydrogen-bond acceptors (Lipinski definition) is 5. The third-order valence-electron chi connectivity index (χ3n) is 1.10. The third kappa shape index (κ3) is 3.92. The van der Waals surface area contributed by atoms with Crippen molar-refractivity contribution in [2.75, 3.05) is 27.2 Å². The second-order valence-corrected chi connectivity index (χ2v) is 2.50. The van der Waals surface area contributed by atoms with Gasteiger partial charge >= 0.3 is 5.97 Å². The summed E-state index contributed by atoms with van der Waals surface area (Å²) in [6.45, 7) is 2.25. The van der Waals surface area contributed by atoms with Gasteiger partial charge in [0.15, 0.2) is 5.71 Å². The molecule has 0 bridgehead atoms. The molecule has 0 saturated heterocycles. The number of carbonyl (C=O) groups is 1. The zero-order valence-corrected chi connectivity index (χ0v) is 7.57. The molecule has 0 fully saturated rings. The van der Waals surface area contributed by atoms with E-state index in [1.807, 2.05) is 0 Å². The second kappa shape index (κ2) is 5.54. The van der Waals surface area contributed by atoms with Gasteiger partial charge in [-0.2, -0.15) is 0 Å². The summed E-state index contributed by atoms with van der Waals surface area (Å²) in [4.78, 5) is 12.7. The first kappa shape index (κ1) is 10.9. The molecule has 5 heteroatoms. The van der Waals surface area contributed by atoms with E-state index in [0.29, 0.717) is 0 Å². The molecule has 0 aliphatic heterocycles. The molecule has 0 aliphatic rings. The number of carbonyl (C=O) groups excluding carboxylic acids is 1. The lowest BCUT2D eigenvalue weighted by Gasteiger charge is -2.09. The summed E-state index contributed by atoms with van der Waals surface area (Å²) in [6.07, 6.45) is 0. The molecule has 0 aliphatic carbocycles. The highest BCUT2D eigenvalue weighted by Crippen LogP contribution is 1.87. The Kier molecular flexibility index (Phi) is 5.03. The summed E-state index contributed by atoms with van der Waals surface area (Å²) >= 11 is 0. The number of hydrogen-bond donors (Lipinski definition) is 1. The van der Waals surface area contributed by atoms with Crippen molar-refractivity contribution in [2.24, 2.45) is 5.16 Å². The van der Waals surface area contributed by atoms with E-state index in [0.717, 1.165) is 0 Å². The van der Waals surface area contributed by atoms with Gasteiger partial charge < -0.3 is 14.8 Å². The van der Waals surface area contributed by atoms with Crippen LogP contribution in [0.4, 0.5) is 0 Å². The van der Waals surface area contributed by atoms with E-state index in [1.54, 1.807) is 25.9 Å². The normalized spacial score (nSPS) is 11.8. The molecule has 0 aromatic carbocycles. The SMILES string of the molecule is CCOC(=O)/C(CN(C)C)=N/O. The molecular weight excluding hydrogens is 160 g/mol. The topological polar surface area (TPSA) is 62.1 Å². The molecule has 0 saturated carbocycles. The minimum Gasteiger partial charge on any atom is -0.461 e. The van der Waals surface area contributed by atoms with Crippen molar-refractivity contribution in [1.82, 2.24) is 4.90 Å². The molecule has 0 heterocycles. The fourth-order valence-electron chi connectivity index (χ4n) is 0.651. The predicted molar refractivity (Wildman–Crippen MR) is 44.4 cm³/mol. The van der Waals surface area contributed by atoms with Gasteiger partial charge in [-0.25, -0.2) is 4.79 Å². The van der Waals surface area contributed by atoms with Crippen molar-refractivity contribution in [3.05, 3.63) is 0 Å².